The van der Waals surface area contributed by atoms with E-state index in [9.17, 15) is 18.8 Å². The summed E-state index contributed by atoms with van der Waals surface area (Å²) in [5.41, 5.74) is 3.10. The van der Waals surface area contributed by atoms with Crippen molar-refractivity contribution in [2.75, 3.05) is 42.6 Å². The number of benzene rings is 2. The van der Waals surface area contributed by atoms with Crippen LogP contribution in [0.25, 0.3) is 10.9 Å². The Hall–Kier alpha value is -3.66. The zero-order valence-corrected chi connectivity index (χ0v) is 25.8. The first kappa shape index (κ1) is 32.3. The van der Waals surface area contributed by atoms with Crippen LogP contribution in [0, 0.1) is 5.82 Å². The SMILES string of the molecule is CCCCCCCCCCOC(=O)n1nc(N2CCN(c3ccc4c(c3CC)C(=O)NC4=O)CC2)c2ccc(F)cc21.Cl. The molecule has 0 radical (unpaired) electrons. The number of carbonyl (C=O) groups is 3. The molecule has 1 saturated heterocycles. The molecule has 0 bridgehead atoms. The van der Waals surface area contributed by atoms with Gasteiger partial charge >= 0.3 is 6.09 Å². The summed E-state index contributed by atoms with van der Waals surface area (Å²) in [4.78, 5) is 41.9. The van der Waals surface area contributed by atoms with E-state index in [0.717, 1.165) is 30.5 Å². The molecule has 2 amide bonds. The predicted octanol–water partition coefficient (Wildman–Crippen LogP) is 6.50. The van der Waals surface area contributed by atoms with E-state index >= 15 is 0 Å². The molecule has 1 fully saturated rings. The van der Waals surface area contributed by atoms with Crippen molar-refractivity contribution < 1.29 is 23.5 Å². The van der Waals surface area contributed by atoms with Crippen LogP contribution in [0.1, 0.15) is 91.5 Å². The van der Waals surface area contributed by atoms with Gasteiger partial charge in [0.05, 0.1) is 23.3 Å². The van der Waals surface area contributed by atoms with Gasteiger partial charge in [0.25, 0.3) is 11.8 Å². The first-order chi connectivity index (χ1) is 20.4. The number of carbonyl (C=O) groups excluding carboxylic acids is 3. The average Bonchev–Trinajstić information content (AvgIpc) is 3.52. The number of nitrogens with zero attached hydrogens (tertiary/aromatic N) is 4. The molecule has 3 aromatic rings. The molecule has 0 aliphatic carbocycles. The Kier molecular flexibility index (Phi) is 11.0. The summed E-state index contributed by atoms with van der Waals surface area (Å²) in [5.74, 6) is -0.521. The second-order valence-corrected chi connectivity index (χ2v) is 11.1. The third-order valence-electron chi connectivity index (χ3n) is 8.28. The van der Waals surface area contributed by atoms with Crippen LogP contribution < -0.4 is 15.1 Å². The maximum atomic E-state index is 14.2. The lowest BCUT2D eigenvalue weighted by atomic mass is 9.97. The molecule has 232 valence electrons. The van der Waals surface area contributed by atoms with Gasteiger partial charge in [-0.2, -0.15) is 4.68 Å². The van der Waals surface area contributed by atoms with Gasteiger partial charge in [0.1, 0.15) is 5.82 Å². The molecule has 0 saturated carbocycles. The summed E-state index contributed by atoms with van der Waals surface area (Å²) in [5, 5.41) is 7.69. The number of aromatic nitrogens is 2. The highest BCUT2D eigenvalue weighted by molar-refractivity contribution is 6.22. The zero-order chi connectivity index (χ0) is 29.6. The summed E-state index contributed by atoms with van der Waals surface area (Å²) in [7, 11) is 0. The summed E-state index contributed by atoms with van der Waals surface area (Å²) in [6.45, 7) is 7.03. The first-order valence-electron chi connectivity index (χ1n) is 15.3. The van der Waals surface area contributed by atoms with Gasteiger partial charge in [0.15, 0.2) is 5.82 Å². The van der Waals surface area contributed by atoms with Gasteiger partial charge in [-0.3, -0.25) is 14.9 Å². The van der Waals surface area contributed by atoms with Crippen LogP contribution >= 0.6 is 12.4 Å². The van der Waals surface area contributed by atoms with Crippen molar-refractivity contribution in [1.82, 2.24) is 15.1 Å². The minimum absolute atomic E-state index is 0. The zero-order valence-electron chi connectivity index (χ0n) is 25.0. The lowest BCUT2D eigenvalue weighted by molar-refractivity contribution is 0.0879. The van der Waals surface area contributed by atoms with Crippen LogP contribution in [-0.2, 0) is 11.2 Å². The Morgan fingerprint density at radius 3 is 2.28 bits per heavy atom. The van der Waals surface area contributed by atoms with E-state index in [1.165, 1.54) is 48.9 Å². The van der Waals surface area contributed by atoms with E-state index in [-0.39, 0.29) is 24.2 Å². The first-order valence-corrected chi connectivity index (χ1v) is 15.3. The quantitative estimate of drug-likeness (QED) is 0.184. The molecule has 5 rings (SSSR count). The lowest BCUT2D eigenvalue weighted by Crippen LogP contribution is -2.47. The number of halogens is 2. The highest BCUT2D eigenvalue weighted by Crippen LogP contribution is 2.33. The minimum atomic E-state index is -0.600. The van der Waals surface area contributed by atoms with Crippen LogP contribution in [0.15, 0.2) is 30.3 Å². The Morgan fingerprint density at radius 1 is 0.907 bits per heavy atom. The summed E-state index contributed by atoms with van der Waals surface area (Å²) >= 11 is 0. The summed E-state index contributed by atoms with van der Waals surface area (Å²) in [6.07, 6.45) is 9.21. The fourth-order valence-electron chi connectivity index (χ4n) is 6.03. The van der Waals surface area contributed by atoms with E-state index in [4.69, 9.17) is 4.74 Å². The van der Waals surface area contributed by atoms with Gasteiger partial charge in [0.2, 0.25) is 0 Å². The summed E-state index contributed by atoms with van der Waals surface area (Å²) < 4.78 is 20.9. The highest BCUT2D eigenvalue weighted by atomic mass is 35.5. The molecule has 3 heterocycles. The topological polar surface area (TPSA) is 96.8 Å². The smallest absolute Gasteiger partial charge is 0.435 e. The molecule has 11 heteroatoms. The second-order valence-electron chi connectivity index (χ2n) is 11.1. The van der Waals surface area contributed by atoms with Gasteiger partial charge in [-0.25, -0.2) is 9.18 Å². The molecule has 9 nitrogen and oxygen atoms in total. The Balaban J connectivity index is 0.00000423. The van der Waals surface area contributed by atoms with Gasteiger partial charge in [0, 0.05) is 43.3 Å². The van der Waals surface area contributed by atoms with Crippen molar-refractivity contribution in [2.24, 2.45) is 0 Å². The van der Waals surface area contributed by atoms with Gasteiger partial charge in [-0.15, -0.1) is 17.5 Å². The van der Waals surface area contributed by atoms with Crippen LogP contribution in [-0.4, -0.2) is 60.5 Å². The van der Waals surface area contributed by atoms with Crippen molar-refractivity contribution in [2.45, 2.75) is 71.6 Å². The van der Waals surface area contributed by atoms with E-state index < -0.39 is 11.9 Å². The van der Waals surface area contributed by atoms with Crippen LogP contribution in [0.5, 0.6) is 0 Å². The van der Waals surface area contributed by atoms with Crippen molar-refractivity contribution in [1.29, 1.82) is 0 Å². The normalized spacial score (nSPS) is 14.6. The molecule has 1 N–H and O–H groups in total. The Morgan fingerprint density at radius 2 is 1.58 bits per heavy atom. The minimum Gasteiger partial charge on any atom is -0.448 e. The molecule has 2 aromatic carbocycles. The number of rotatable bonds is 12. The van der Waals surface area contributed by atoms with Crippen molar-refractivity contribution >= 4 is 52.7 Å². The van der Waals surface area contributed by atoms with E-state index in [0.29, 0.717) is 67.1 Å². The molecule has 1 aromatic heterocycles. The Bertz CT molecular complexity index is 1470. The van der Waals surface area contributed by atoms with Crippen LogP contribution in [0.3, 0.4) is 0 Å². The molecule has 2 aliphatic rings. The molecular weight excluding hydrogens is 573 g/mol. The van der Waals surface area contributed by atoms with E-state index in [1.54, 1.807) is 12.1 Å². The van der Waals surface area contributed by atoms with Gasteiger partial charge in [-0.1, -0.05) is 58.8 Å². The average molecular weight is 614 g/mol. The van der Waals surface area contributed by atoms with E-state index in [2.05, 4.69) is 27.1 Å². The fourth-order valence-corrected chi connectivity index (χ4v) is 6.03. The monoisotopic (exact) mass is 613 g/mol. The number of unbranched alkanes of at least 4 members (excludes halogenated alkanes) is 7. The number of imide groups is 1. The number of hydrogen-bond acceptors (Lipinski definition) is 7. The third-order valence-corrected chi connectivity index (χ3v) is 8.28. The largest absolute Gasteiger partial charge is 0.448 e. The van der Waals surface area contributed by atoms with Gasteiger partial charge < -0.3 is 14.5 Å². The number of ether oxygens (including phenoxy) is 1. The number of hydrogen-bond donors (Lipinski definition) is 1. The maximum Gasteiger partial charge on any atom is 0.435 e. The molecule has 0 atom stereocenters. The standard InChI is InChI=1S/C32H40FN5O4.ClH/c1-3-5-6-7-8-9-10-11-20-42-32(41)38-27-21-22(33)12-13-24(27)29(35-38)37-18-16-36(17-19-37)26-15-14-25-28(23(26)4-2)31(40)34-30(25)39;/h12-15,21H,3-11,16-20H2,1-2H3,(H,34,39,40);1H. The molecule has 0 spiro atoms. The molecule has 43 heavy (non-hydrogen) atoms. The number of amides is 2. The van der Waals surface area contributed by atoms with Crippen LogP contribution in [0.4, 0.5) is 20.7 Å². The third kappa shape index (κ3) is 6.95. The van der Waals surface area contributed by atoms with E-state index in [1.807, 2.05) is 13.0 Å². The maximum absolute atomic E-state index is 14.2. The number of nitrogens with one attached hydrogen (secondary N) is 1. The van der Waals surface area contributed by atoms with Gasteiger partial charge in [-0.05, 0) is 42.7 Å². The summed E-state index contributed by atoms with van der Waals surface area (Å²) in [6, 6.07) is 8.00. The Labute approximate surface area is 258 Å². The number of anilines is 2. The lowest BCUT2D eigenvalue weighted by Gasteiger charge is -2.37. The van der Waals surface area contributed by atoms with Crippen molar-refractivity contribution in [3.63, 3.8) is 0 Å². The van der Waals surface area contributed by atoms with Crippen molar-refractivity contribution in [3.8, 4) is 0 Å². The van der Waals surface area contributed by atoms with Crippen LogP contribution in [0.2, 0.25) is 0 Å². The molecule has 0 unspecified atom stereocenters. The molecular formula is C32H41ClFN5O4. The predicted molar refractivity (Wildman–Crippen MR) is 168 cm³/mol. The number of fused-ring (bicyclic) bond motifs is 2. The second kappa shape index (κ2) is 14.7. The van der Waals surface area contributed by atoms with Crippen molar-refractivity contribution in [3.05, 3.63) is 52.8 Å². The molecule has 2 aliphatic heterocycles. The fraction of sp³-hybridized carbons (Fsp3) is 0.500. The number of piperazine rings is 1. The highest BCUT2D eigenvalue weighted by Gasteiger charge is 2.32.